The van der Waals surface area contributed by atoms with Crippen molar-refractivity contribution in [2.75, 3.05) is 20.3 Å². The van der Waals surface area contributed by atoms with Crippen molar-refractivity contribution in [3.8, 4) is 5.75 Å². The van der Waals surface area contributed by atoms with Crippen LogP contribution in [0, 0.1) is 0 Å². The van der Waals surface area contributed by atoms with E-state index in [1.807, 2.05) is 0 Å². The van der Waals surface area contributed by atoms with Crippen molar-refractivity contribution in [2.24, 2.45) is 0 Å². The highest BCUT2D eigenvalue weighted by Gasteiger charge is 2.27. The highest BCUT2D eigenvalue weighted by molar-refractivity contribution is 5.30. The van der Waals surface area contributed by atoms with Crippen LogP contribution in [0.25, 0.3) is 0 Å². The number of hydrogen-bond donors (Lipinski definition) is 3. The van der Waals surface area contributed by atoms with Crippen molar-refractivity contribution < 1.29 is 20.1 Å². The van der Waals surface area contributed by atoms with E-state index in [9.17, 15) is 5.11 Å². The van der Waals surface area contributed by atoms with Crippen molar-refractivity contribution in [1.29, 1.82) is 0 Å². The fraction of sp³-hybridized carbons (Fsp3) is 0.400. The minimum atomic E-state index is -1.58. The molecule has 0 aliphatic rings. The summed E-state index contributed by atoms with van der Waals surface area (Å²) < 4.78 is 4.94. The number of methoxy groups -OCH3 is 1. The Kier molecular flexibility index (Phi) is 3.46. The average molecular weight is 198 g/mol. The second-order valence-corrected chi connectivity index (χ2v) is 3.08. The molecule has 0 heterocycles. The molecule has 0 atom stereocenters. The van der Waals surface area contributed by atoms with Crippen molar-refractivity contribution in [3.05, 3.63) is 29.8 Å². The van der Waals surface area contributed by atoms with E-state index in [1.54, 1.807) is 31.4 Å². The Balaban J connectivity index is 2.95. The lowest BCUT2D eigenvalue weighted by molar-refractivity contribution is -0.0598. The minimum absolute atomic E-state index is 0.461. The lowest BCUT2D eigenvalue weighted by Crippen LogP contribution is -2.34. The fourth-order valence-electron chi connectivity index (χ4n) is 1.13. The maximum atomic E-state index is 9.72. The summed E-state index contributed by atoms with van der Waals surface area (Å²) in [6.07, 6.45) is 0. The highest BCUT2D eigenvalue weighted by atomic mass is 16.5. The van der Waals surface area contributed by atoms with E-state index in [0.29, 0.717) is 11.3 Å². The fourth-order valence-corrected chi connectivity index (χ4v) is 1.13. The lowest BCUT2D eigenvalue weighted by atomic mass is 9.96. The zero-order valence-electron chi connectivity index (χ0n) is 7.97. The monoisotopic (exact) mass is 198 g/mol. The summed E-state index contributed by atoms with van der Waals surface area (Å²) in [4.78, 5) is 0. The van der Waals surface area contributed by atoms with Gasteiger partial charge in [-0.25, -0.2) is 0 Å². The second-order valence-electron chi connectivity index (χ2n) is 3.08. The number of aliphatic hydroxyl groups is 3. The van der Waals surface area contributed by atoms with Gasteiger partial charge in [0.25, 0.3) is 0 Å². The molecule has 1 aromatic rings. The number of aliphatic hydroxyl groups excluding tert-OH is 2. The summed E-state index contributed by atoms with van der Waals surface area (Å²) in [5.41, 5.74) is -1.12. The molecular formula is C10H14O4. The van der Waals surface area contributed by atoms with Gasteiger partial charge in [0, 0.05) is 0 Å². The van der Waals surface area contributed by atoms with Gasteiger partial charge in [-0.05, 0) is 17.7 Å². The predicted molar refractivity (Wildman–Crippen MR) is 51.1 cm³/mol. The molecule has 0 fully saturated rings. The molecule has 0 saturated heterocycles. The molecule has 0 radical (unpaired) electrons. The van der Waals surface area contributed by atoms with E-state index in [2.05, 4.69) is 0 Å². The van der Waals surface area contributed by atoms with Crippen molar-refractivity contribution in [2.45, 2.75) is 5.60 Å². The number of benzene rings is 1. The van der Waals surface area contributed by atoms with Crippen LogP contribution in [0.2, 0.25) is 0 Å². The Morgan fingerprint density at radius 2 is 1.64 bits per heavy atom. The van der Waals surface area contributed by atoms with Crippen molar-refractivity contribution in [1.82, 2.24) is 0 Å². The van der Waals surface area contributed by atoms with E-state index in [1.165, 1.54) is 0 Å². The quantitative estimate of drug-likeness (QED) is 0.630. The zero-order valence-corrected chi connectivity index (χ0v) is 7.97. The van der Waals surface area contributed by atoms with Crippen LogP contribution in [0.3, 0.4) is 0 Å². The summed E-state index contributed by atoms with van der Waals surface area (Å²) in [7, 11) is 1.54. The van der Waals surface area contributed by atoms with Crippen molar-refractivity contribution in [3.63, 3.8) is 0 Å². The third-order valence-corrected chi connectivity index (χ3v) is 2.15. The standard InChI is InChI=1S/C10H14O4/c1-14-9-4-2-8(3-5-9)10(13,6-11)7-12/h2-5,11-13H,6-7H2,1H3. The third kappa shape index (κ3) is 2.04. The lowest BCUT2D eigenvalue weighted by Gasteiger charge is -2.23. The third-order valence-electron chi connectivity index (χ3n) is 2.15. The maximum Gasteiger partial charge on any atom is 0.135 e. The van der Waals surface area contributed by atoms with E-state index >= 15 is 0 Å². The molecule has 0 unspecified atom stereocenters. The van der Waals surface area contributed by atoms with Gasteiger partial charge in [-0.3, -0.25) is 0 Å². The smallest absolute Gasteiger partial charge is 0.135 e. The highest BCUT2D eigenvalue weighted by Crippen LogP contribution is 2.22. The van der Waals surface area contributed by atoms with Gasteiger partial charge in [0.15, 0.2) is 0 Å². The first-order valence-electron chi connectivity index (χ1n) is 4.25. The molecule has 1 aromatic carbocycles. The largest absolute Gasteiger partial charge is 0.497 e. The van der Waals surface area contributed by atoms with E-state index in [-0.39, 0.29) is 0 Å². The summed E-state index contributed by atoms with van der Waals surface area (Å²) >= 11 is 0. The van der Waals surface area contributed by atoms with Crippen molar-refractivity contribution >= 4 is 0 Å². The normalized spacial score (nSPS) is 11.4. The van der Waals surface area contributed by atoms with Gasteiger partial charge in [-0.15, -0.1) is 0 Å². The Labute approximate surface area is 82.4 Å². The molecule has 0 bridgehead atoms. The molecule has 4 heteroatoms. The summed E-state index contributed by atoms with van der Waals surface area (Å²) in [6, 6.07) is 6.52. The first kappa shape index (κ1) is 11.0. The van der Waals surface area contributed by atoms with Crippen LogP contribution in [0.15, 0.2) is 24.3 Å². The molecule has 0 aliphatic carbocycles. The van der Waals surface area contributed by atoms with Gasteiger partial charge in [0.1, 0.15) is 11.4 Å². The molecule has 4 nitrogen and oxygen atoms in total. The Morgan fingerprint density at radius 3 is 2.00 bits per heavy atom. The SMILES string of the molecule is COc1ccc(C(O)(CO)CO)cc1. The van der Waals surface area contributed by atoms with Gasteiger partial charge in [0.2, 0.25) is 0 Å². The molecule has 14 heavy (non-hydrogen) atoms. The first-order valence-corrected chi connectivity index (χ1v) is 4.25. The first-order chi connectivity index (χ1) is 6.66. The molecule has 0 saturated carbocycles. The summed E-state index contributed by atoms with van der Waals surface area (Å²) in [5, 5.41) is 27.6. The van der Waals surface area contributed by atoms with E-state index in [4.69, 9.17) is 14.9 Å². The molecule has 0 amide bonds. The van der Waals surface area contributed by atoms with Gasteiger partial charge in [-0.1, -0.05) is 12.1 Å². The van der Waals surface area contributed by atoms with Gasteiger partial charge >= 0.3 is 0 Å². The van der Waals surface area contributed by atoms with Crippen LogP contribution >= 0.6 is 0 Å². The Morgan fingerprint density at radius 1 is 1.14 bits per heavy atom. The molecule has 3 N–H and O–H groups in total. The van der Waals surface area contributed by atoms with E-state index < -0.39 is 18.8 Å². The van der Waals surface area contributed by atoms with Crippen LogP contribution in [-0.2, 0) is 5.60 Å². The number of hydrogen-bond acceptors (Lipinski definition) is 4. The van der Waals surface area contributed by atoms with E-state index in [0.717, 1.165) is 0 Å². The van der Waals surface area contributed by atoms with Gasteiger partial charge < -0.3 is 20.1 Å². The van der Waals surface area contributed by atoms with Crippen LogP contribution in [0.5, 0.6) is 5.75 Å². The average Bonchev–Trinajstić information content (AvgIpc) is 2.28. The molecule has 78 valence electrons. The zero-order chi connectivity index (χ0) is 10.6. The molecule has 0 spiro atoms. The summed E-state index contributed by atoms with van der Waals surface area (Å²) in [6.45, 7) is -1.04. The second kappa shape index (κ2) is 4.41. The minimum Gasteiger partial charge on any atom is -0.497 e. The molecule has 0 aliphatic heterocycles. The predicted octanol–water partition coefficient (Wildman–Crippen LogP) is -0.133. The molecule has 0 aromatic heterocycles. The van der Waals surface area contributed by atoms with Gasteiger partial charge in [-0.2, -0.15) is 0 Å². The maximum absolute atomic E-state index is 9.72. The van der Waals surface area contributed by atoms with Gasteiger partial charge in [0.05, 0.1) is 20.3 Å². The molecular weight excluding hydrogens is 184 g/mol. The topological polar surface area (TPSA) is 69.9 Å². The summed E-state index contributed by atoms with van der Waals surface area (Å²) in [5.74, 6) is 0.659. The van der Waals surface area contributed by atoms with Crippen LogP contribution < -0.4 is 4.74 Å². The Hall–Kier alpha value is -1.10. The molecule has 1 rings (SSSR count). The van der Waals surface area contributed by atoms with Crippen LogP contribution in [0.1, 0.15) is 5.56 Å². The Bertz CT molecular complexity index is 277. The number of rotatable bonds is 4. The van der Waals surface area contributed by atoms with Crippen LogP contribution in [-0.4, -0.2) is 35.6 Å². The number of ether oxygens (including phenoxy) is 1. The van der Waals surface area contributed by atoms with Crippen LogP contribution in [0.4, 0.5) is 0 Å².